The van der Waals surface area contributed by atoms with E-state index in [1.165, 1.54) is 0 Å². The van der Waals surface area contributed by atoms with Crippen molar-refractivity contribution in [1.82, 2.24) is 0 Å². The summed E-state index contributed by atoms with van der Waals surface area (Å²) in [6.45, 7) is 3.81. The molecule has 0 unspecified atom stereocenters. The van der Waals surface area contributed by atoms with Crippen LogP contribution in [0.15, 0.2) is 0 Å². The van der Waals surface area contributed by atoms with Crippen molar-refractivity contribution in [2.45, 2.75) is 51.0 Å². The lowest BCUT2D eigenvalue weighted by Gasteiger charge is -2.24. The highest BCUT2D eigenvalue weighted by molar-refractivity contribution is 5.70. The fourth-order valence-corrected chi connectivity index (χ4v) is 1.84. The third-order valence-corrected chi connectivity index (χ3v) is 2.49. The van der Waals surface area contributed by atoms with Crippen molar-refractivity contribution >= 4 is 12.3 Å². The first kappa shape index (κ1) is 15.0. The van der Waals surface area contributed by atoms with Gasteiger partial charge in [0.25, 0.3) is 0 Å². The Morgan fingerprint density at radius 1 is 1.44 bits per heavy atom. The number of carbonyl (C=O) groups is 2. The number of aliphatic hydroxyl groups excluding tert-OH is 2. The lowest BCUT2D eigenvalue weighted by atomic mass is 10.0. The van der Waals surface area contributed by atoms with Gasteiger partial charge in [0.1, 0.15) is 18.3 Å². The molecule has 4 atom stereocenters. The van der Waals surface area contributed by atoms with Crippen molar-refractivity contribution in [1.29, 1.82) is 0 Å². The van der Waals surface area contributed by atoms with E-state index in [1.807, 2.05) is 0 Å². The minimum absolute atomic E-state index is 0.411. The Balaban J connectivity index is 2.87. The summed E-state index contributed by atoms with van der Waals surface area (Å²) in [5.41, 5.74) is 0. The average Bonchev–Trinajstić information content (AvgIpc) is 2.60. The highest BCUT2D eigenvalue weighted by Crippen LogP contribution is 2.32. The zero-order chi connectivity index (χ0) is 13.9. The summed E-state index contributed by atoms with van der Waals surface area (Å²) in [6.07, 6.45) is -3.90. The van der Waals surface area contributed by atoms with E-state index in [1.54, 1.807) is 13.8 Å². The molecule has 0 radical (unpaired) electrons. The molecule has 1 saturated heterocycles. The standard InChI is InChI=1S/C11H18O7/c1-6(14)16-8(5-13)10-9(7(15)4-12)17-11(2,3)18-10/h5,7-10,12,15H,4H2,1-3H3/t7-,8+,9+,10-/m1/s1. The van der Waals surface area contributed by atoms with Crippen LogP contribution in [0.25, 0.3) is 0 Å². The second-order valence-electron chi connectivity index (χ2n) is 4.52. The molecule has 0 aromatic heterocycles. The summed E-state index contributed by atoms with van der Waals surface area (Å²) in [6, 6.07) is 0. The van der Waals surface area contributed by atoms with E-state index < -0.39 is 42.8 Å². The van der Waals surface area contributed by atoms with Gasteiger partial charge in [-0.05, 0) is 13.8 Å². The van der Waals surface area contributed by atoms with Gasteiger partial charge in [-0.25, -0.2) is 0 Å². The first-order valence-corrected chi connectivity index (χ1v) is 5.58. The summed E-state index contributed by atoms with van der Waals surface area (Å²) in [5.74, 6) is -1.68. The van der Waals surface area contributed by atoms with Crippen LogP contribution < -0.4 is 0 Å². The molecule has 7 nitrogen and oxygen atoms in total. The lowest BCUT2D eigenvalue weighted by Crippen LogP contribution is -2.46. The average molecular weight is 262 g/mol. The molecule has 0 aromatic carbocycles. The number of esters is 1. The Morgan fingerprint density at radius 3 is 2.44 bits per heavy atom. The SMILES string of the molecule is CC(=O)O[C@@H](C=O)[C@H]1OC(C)(C)O[C@H]1[C@H](O)CO. The molecule has 0 amide bonds. The van der Waals surface area contributed by atoms with Gasteiger partial charge in [0.2, 0.25) is 0 Å². The van der Waals surface area contributed by atoms with E-state index in [-0.39, 0.29) is 0 Å². The van der Waals surface area contributed by atoms with E-state index in [2.05, 4.69) is 0 Å². The van der Waals surface area contributed by atoms with E-state index in [4.69, 9.17) is 19.3 Å². The molecule has 0 saturated carbocycles. The summed E-state index contributed by atoms with van der Waals surface area (Å²) in [7, 11) is 0. The van der Waals surface area contributed by atoms with Gasteiger partial charge in [-0.3, -0.25) is 9.59 Å². The van der Waals surface area contributed by atoms with E-state index >= 15 is 0 Å². The monoisotopic (exact) mass is 262 g/mol. The van der Waals surface area contributed by atoms with Gasteiger partial charge in [0, 0.05) is 6.92 Å². The fourth-order valence-electron chi connectivity index (χ4n) is 1.84. The molecule has 18 heavy (non-hydrogen) atoms. The molecule has 0 spiro atoms. The Hall–Kier alpha value is -1.02. The van der Waals surface area contributed by atoms with Crippen molar-refractivity contribution in [3.05, 3.63) is 0 Å². The van der Waals surface area contributed by atoms with Crippen molar-refractivity contribution in [3.63, 3.8) is 0 Å². The summed E-state index contributed by atoms with van der Waals surface area (Å²) in [4.78, 5) is 21.8. The molecule has 1 heterocycles. The first-order valence-electron chi connectivity index (χ1n) is 5.58. The molecule has 0 bridgehead atoms. The van der Waals surface area contributed by atoms with Gasteiger partial charge in [-0.1, -0.05) is 0 Å². The van der Waals surface area contributed by atoms with Gasteiger partial charge in [-0.15, -0.1) is 0 Å². The first-order chi connectivity index (χ1) is 8.30. The van der Waals surface area contributed by atoms with Crippen LogP contribution in [0, 0.1) is 0 Å². The number of aliphatic hydroxyl groups is 2. The summed E-state index contributed by atoms with van der Waals surface area (Å²) >= 11 is 0. The molecule has 7 heteroatoms. The molecule has 1 fully saturated rings. The molecular weight excluding hydrogens is 244 g/mol. The lowest BCUT2D eigenvalue weighted by molar-refractivity contribution is -0.171. The van der Waals surface area contributed by atoms with Crippen LogP contribution in [-0.4, -0.2) is 59.3 Å². The zero-order valence-corrected chi connectivity index (χ0v) is 10.5. The van der Waals surface area contributed by atoms with Crippen LogP contribution in [0.4, 0.5) is 0 Å². The Labute approximate surface area is 105 Å². The number of ether oxygens (including phenoxy) is 3. The maximum Gasteiger partial charge on any atom is 0.303 e. The van der Waals surface area contributed by atoms with Gasteiger partial charge >= 0.3 is 5.97 Å². The number of hydrogen-bond acceptors (Lipinski definition) is 7. The second-order valence-corrected chi connectivity index (χ2v) is 4.52. The molecule has 1 aliphatic heterocycles. The van der Waals surface area contributed by atoms with Gasteiger partial charge in [-0.2, -0.15) is 0 Å². The molecule has 0 aliphatic carbocycles. The van der Waals surface area contributed by atoms with Crippen molar-refractivity contribution < 1.29 is 34.0 Å². The van der Waals surface area contributed by atoms with Crippen molar-refractivity contribution in [3.8, 4) is 0 Å². The minimum atomic E-state index is -1.23. The molecule has 1 rings (SSSR count). The second kappa shape index (κ2) is 5.75. The van der Waals surface area contributed by atoms with Crippen LogP contribution in [0.1, 0.15) is 20.8 Å². The van der Waals surface area contributed by atoms with Gasteiger partial charge in [0.05, 0.1) is 6.61 Å². The third kappa shape index (κ3) is 3.49. The molecule has 104 valence electrons. The van der Waals surface area contributed by atoms with E-state index in [0.717, 1.165) is 6.92 Å². The number of carbonyl (C=O) groups excluding carboxylic acids is 2. The van der Waals surface area contributed by atoms with Crippen LogP contribution >= 0.6 is 0 Å². The fraction of sp³-hybridized carbons (Fsp3) is 0.818. The smallest absolute Gasteiger partial charge is 0.303 e. The predicted octanol–water partition coefficient (Wildman–Crippen LogP) is -1.01. The molecule has 0 aromatic rings. The molecule has 1 aliphatic rings. The maximum absolute atomic E-state index is 10.9. The molecular formula is C11H18O7. The highest BCUT2D eigenvalue weighted by atomic mass is 16.8. The highest BCUT2D eigenvalue weighted by Gasteiger charge is 2.49. The number of rotatable bonds is 5. The zero-order valence-electron chi connectivity index (χ0n) is 10.5. The van der Waals surface area contributed by atoms with E-state index in [0.29, 0.717) is 6.29 Å². The quantitative estimate of drug-likeness (QED) is 0.483. The predicted molar refractivity (Wildman–Crippen MR) is 58.5 cm³/mol. The van der Waals surface area contributed by atoms with Crippen molar-refractivity contribution in [2.75, 3.05) is 6.61 Å². The van der Waals surface area contributed by atoms with E-state index in [9.17, 15) is 14.7 Å². The normalized spacial score (nSPS) is 29.6. The Bertz CT molecular complexity index is 315. The topological polar surface area (TPSA) is 102 Å². The van der Waals surface area contributed by atoms with Crippen LogP contribution in [0.3, 0.4) is 0 Å². The summed E-state index contributed by atoms with van der Waals surface area (Å²) in [5, 5.41) is 18.6. The minimum Gasteiger partial charge on any atom is -0.452 e. The van der Waals surface area contributed by atoms with Crippen LogP contribution in [0.2, 0.25) is 0 Å². The van der Waals surface area contributed by atoms with Gasteiger partial charge < -0.3 is 24.4 Å². The molecule has 2 N–H and O–H groups in total. The number of aldehydes is 1. The van der Waals surface area contributed by atoms with Crippen LogP contribution in [0.5, 0.6) is 0 Å². The van der Waals surface area contributed by atoms with Crippen LogP contribution in [-0.2, 0) is 23.8 Å². The van der Waals surface area contributed by atoms with Crippen molar-refractivity contribution in [2.24, 2.45) is 0 Å². The summed E-state index contributed by atoms with van der Waals surface area (Å²) < 4.78 is 15.6. The van der Waals surface area contributed by atoms with Gasteiger partial charge in [0.15, 0.2) is 18.2 Å². The third-order valence-electron chi connectivity index (χ3n) is 2.49. The largest absolute Gasteiger partial charge is 0.452 e. The maximum atomic E-state index is 10.9. The number of hydrogen-bond donors (Lipinski definition) is 2. The Morgan fingerprint density at radius 2 is 2.00 bits per heavy atom. The Kier molecular flexibility index (Phi) is 4.80.